The van der Waals surface area contributed by atoms with E-state index >= 15 is 0 Å². The van der Waals surface area contributed by atoms with E-state index in [1.807, 2.05) is 13.8 Å². The smallest absolute Gasteiger partial charge is 0.243 e. The molecule has 0 aliphatic carbocycles. The molecule has 116 valence electrons. The van der Waals surface area contributed by atoms with E-state index in [1.54, 1.807) is 9.58 Å². The number of aryl methyl sites for hydroxylation is 1. The molecule has 1 aromatic heterocycles. The fraction of sp³-hybridized carbons (Fsp3) is 0.714. The molecule has 1 atom stereocenters. The van der Waals surface area contributed by atoms with Crippen molar-refractivity contribution in [3.8, 4) is 0 Å². The number of carbonyl (C=O) groups is 2. The Morgan fingerprint density at radius 1 is 1.43 bits per heavy atom. The highest BCUT2D eigenvalue weighted by molar-refractivity contribution is 5.94. The minimum Gasteiger partial charge on any atom is -0.345 e. The zero-order valence-electron chi connectivity index (χ0n) is 12.9. The van der Waals surface area contributed by atoms with Crippen molar-refractivity contribution in [2.75, 3.05) is 6.54 Å². The monoisotopic (exact) mass is 293 g/mol. The SMILES string of the molecule is CCCn1ncnc1CN1C(=O)CNC(=O)C1CC(C)C. The molecule has 1 aliphatic rings. The molecule has 1 saturated heterocycles. The molecular weight excluding hydrogens is 270 g/mol. The van der Waals surface area contributed by atoms with Gasteiger partial charge in [-0.3, -0.25) is 9.59 Å². The third-order valence-corrected chi connectivity index (χ3v) is 3.55. The molecule has 0 radical (unpaired) electrons. The predicted octanol–water partition coefficient (Wildman–Crippen LogP) is 0.561. The molecule has 2 rings (SSSR count). The maximum atomic E-state index is 12.2. The van der Waals surface area contributed by atoms with Gasteiger partial charge >= 0.3 is 0 Å². The first-order chi connectivity index (χ1) is 10.0. The van der Waals surface area contributed by atoms with Gasteiger partial charge in [-0.05, 0) is 18.8 Å². The van der Waals surface area contributed by atoms with Gasteiger partial charge in [-0.1, -0.05) is 20.8 Å². The first-order valence-electron chi connectivity index (χ1n) is 7.46. The number of aromatic nitrogens is 3. The average Bonchev–Trinajstić information content (AvgIpc) is 2.85. The largest absolute Gasteiger partial charge is 0.345 e. The minimum atomic E-state index is -0.418. The van der Waals surface area contributed by atoms with E-state index in [1.165, 1.54) is 6.33 Å². The highest BCUT2D eigenvalue weighted by atomic mass is 16.2. The summed E-state index contributed by atoms with van der Waals surface area (Å²) in [7, 11) is 0. The Hall–Kier alpha value is -1.92. The average molecular weight is 293 g/mol. The van der Waals surface area contributed by atoms with Crippen molar-refractivity contribution in [2.24, 2.45) is 5.92 Å². The molecule has 7 nitrogen and oxygen atoms in total. The molecule has 21 heavy (non-hydrogen) atoms. The summed E-state index contributed by atoms with van der Waals surface area (Å²) in [6, 6.07) is -0.418. The molecule has 1 N–H and O–H groups in total. The highest BCUT2D eigenvalue weighted by Gasteiger charge is 2.35. The zero-order chi connectivity index (χ0) is 15.4. The Morgan fingerprint density at radius 2 is 2.19 bits per heavy atom. The van der Waals surface area contributed by atoms with Gasteiger partial charge in [0.2, 0.25) is 11.8 Å². The Labute approximate surface area is 124 Å². The molecular formula is C14H23N5O2. The van der Waals surface area contributed by atoms with Crippen LogP contribution in [-0.2, 0) is 22.7 Å². The van der Waals surface area contributed by atoms with E-state index in [4.69, 9.17) is 0 Å². The van der Waals surface area contributed by atoms with Crippen LogP contribution in [0.4, 0.5) is 0 Å². The van der Waals surface area contributed by atoms with Crippen molar-refractivity contribution in [2.45, 2.75) is 52.7 Å². The van der Waals surface area contributed by atoms with E-state index < -0.39 is 6.04 Å². The molecule has 1 aliphatic heterocycles. The number of carbonyl (C=O) groups excluding carboxylic acids is 2. The normalized spacial score (nSPS) is 19.2. The number of nitrogens with one attached hydrogen (secondary N) is 1. The summed E-state index contributed by atoms with van der Waals surface area (Å²) >= 11 is 0. The summed E-state index contributed by atoms with van der Waals surface area (Å²) in [4.78, 5) is 30.1. The molecule has 7 heteroatoms. The van der Waals surface area contributed by atoms with Crippen LogP contribution >= 0.6 is 0 Å². The van der Waals surface area contributed by atoms with Crippen molar-refractivity contribution < 1.29 is 9.59 Å². The zero-order valence-corrected chi connectivity index (χ0v) is 12.9. The summed E-state index contributed by atoms with van der Waals surface area (Å²) in [6.07, 6.45) is 3.09. The third-order valence-electron chi connectivity index (χ3n) is 3.55. The number of piperazine rings is 1. The van der Waals surface area contributed by atoms with Crippen molar-refractivity contribution in [3.63, 3.8) is 0 Å². The summed E-state index contributed by atoms with van der Waals surface area (Å²) in [6.45, 7) is 7.32. The molecule has 1 fully saturated rings. The maximum Gasteiger partial charge on any atom is 0.243 e. The van der Waals surface area contributed by atoms with Crippen LogP contribution in [0.5, 0.6) is 0 Å². The van der Waals surface area contributed by atoms with Crippen LogP contribution in [0.25, 0.3) is 0 Å². The van der Waals surface area contributed by atoms with Crippen LogP contribution in [-0.4, -0.2) is 44.1 Å². The van der Waals surface area contributed by atoms with Crippen LogP contribution in [0.3, 0.4) is 0 Å². The van der Waals surface area contributed by atoms with Crippen LogP contribution in [0.1, 0.15) is 39.4 Å². The van der Waals surface area contributed by atoms with E-state index in [9.17, 15) is 9.59 Å². The summed E-state index contributed by atoms with van der Waals surface area (Å²) in [5.74, 6) is 0.924. The Kier molecular flexibility index (Phi) is 4.93. The first kappa shape index (κ1) is 15.5. The number of amides is 2. The molecule has 0 bridgehead atoms. The number of nitrogens with zero attached hydrogens (tertiary/aromatic N) is 4. The minimum absolute atomic E-state index is 0.0636. The van der Waals surface area contributed by atoms with Crippen LogP contribution in [0.2, 0.25) is 0 Å². The van der Waals surface area contributed by atoms with E-state index in [0.29, 0.717) is 18.9 Å². The lowest BCUT2D eigenvalue weighted by molar-refractivity contribution is -0.147. The van der Waals surface area contributed by atoms with Crippen LogP contribution in [0, 0.1) is 5.92 Å². The fourth-order valence-electron chi connectivity index (χ4n) is 2.54. The fourth-order valence-corrected chi connectivity index (χ4v) is 2.54. The van der Waals surface area contributed by atoms with Crippen molar-refractivity contribution in [1.29, 1.82) is 0 Å². The van der Waals surface area contributed by atoms with Gasteiger partial charge in [0.05, 0.1) is 13.1 Å². The van der Waals surface area contributed by atoms with Gasteiger partial charge in [0.25, 0.3) is 0 Å². The van der Waals surface area contributed by atoms with Gasteiger partial charge in [0.1, 0.15) is 18.2 Å². The van der Waals surface area contributed by atoms with E-state index in [-0.39, 0.29) is 18.4 Å². The van der Waals surface area contributed by atoms with Gasteiger partial charge in [0, 0.05) is 6.54 Å². The van der Waals surface area contributed by atoms with Crippen molar-refractivity contribution >= 4 is 11.8 Å². The van der Waals surface area contributed by atoms with Crippen LogP contribution < -0.4 is 5.32 Å². The second-order valence-electron chi connectivity index (χ2n) is 5.78. The molecule has 0 saturated carbocycles. The quantitative estimate of drug-likeness (QED) is 0.831. The summed E-state index contributed by atoms with van der Waals surface area (Å²) in [5.41, 5.74) is 0. The van der Waals surface area contributed by atoms with Gasteiger partial charge in [-0.15, -0.1) is 0 Å². The second-order valence-corrected chi connectivity index (χ2v) is 5.78. The van der Waals surface area contributed by atoms with Gasteiger partial charge < -0.3 is 10.2 Å². The van der Waals surface area contributed by atoms with Gasteiger partial charge in [0.15, 0.2) is 0 Å². The Bertz CT molecular complexity index is 511. The molecule has 1 aromatic rings. The maximum absolute atomic E-state index is 12.2. The lowest BCUT2D eigenvalue weighted by Crippen LogP contribution is -2.58. The first-order valence-corrected chi connectivity index (χ1v) is 7.46. The molecule has 2 amide bonds. The Morgan fingerprint density at radius 3 is 2.86 bits per heavy atom. The van der Waals surface area contributed by atoms with Crippen LogP contribution in [0.15, 0.2) is 6.33 Å². The summed E-state index contributed by atoms with van der Waals surface area (Å²) < 4.78 is 1.80. The summed E-state index contributed by atoms with van der Waals surface area (Å²) in [5, 5.41) is 6.83. The predicted molar refractivity (Wildman–Crippen MR) is 77.1 cm³/mol. The second kappa shape index (κ2) is 6.69. The molecule has 0 spiro atoms. The number of rotatable bonds is 6. The lowest BCUT2D eigenvalue weighted by atomic mass is 10.00. The third kappa shape index (κ3) is 3.59. The Balaban J connectivity index is 2.18. The van der Waals surface area contributed by atoms with E-state index in [0.717, 1.165) is 18.8 Å². The topological polar surface area (TPSA) is 80.1 Å². The highest BCUT2D eigenvalue weighted by Crippen LogP contribution is 2.17. The molecule has 2 heterocycles. The van der Waals surface area contributed by atoms with Crippen molar-refractivity contribution in [3.05, 3.63) is 12.2 Å². The van der Waals surface area contributed by atoms with Gasteiger partial charge in [-0.2, -0.15) is 5.10 Å². The molecule has 1 unspecified atom stereocenters. The lowest BCUT2D eigenvalue weighted by Gasteiger charge is -2.35. The van der Waals surface area contributed by atoms with Crippen molar-refractivity contribution in [1.82, 2.24) is 25.0 Å². The molecule has 0 aromatic carbocycles. The van der Waals surface area contributed by atoms with E-state index in [2.05, 4.69) is 22.3 Å². The number of hydrogen-bond acceptors (Lipinski definition) is 4. The standard InChI is InChI=1S/C14H23N5O2/c1-4-5-19-12(16-9-17-19)8-18-11(6-10(2)3)14(21)15-7-13(18)20/h9-11H,4-8H2,1-3H3,(H,15,21). The number of hydrogen-bond donors (Lipinski definition) is 1. The van der Waals surface area contributed by atoms with Gasteiger partial charge in [-0.25, -0.2) is 9.67 Å².